The van der Waals surface area contributed by atoms with E-state index >= 15 is 0 Å². The van der Waals surface area contributed by atoms with E-state index in [1.165, 1.54) is 19.3 Å². The maximum Gasteiger partial charge on any atom is -0.0323 e. The van der Waals surface area contributed by atoms with Gasteiger partial charge in [0.05, 0.1) is 0 Å². The first-order valence-electron chi connectivity index (χ1n) is 4.59. The Balaban J connectivity index is 2.16. The Bertz CT molecular complexity index is 144. The molecule has 2 saturated carbocycles. The summed E-state index contributed by atoms with van der Waals surface area (Å²) in [6.45, 7) is 7.33. The smallest absolute Gasteiger partial charge is 0.0323 e. The van der Waals surface area contributed by atoms with E-state index in [-0.39, 0.29) is 0 Å². The monoisotopic (exact) mass is 138 g/mol. The summed E-state index contributed by atoms with van der Waals surface area (Å²) in [4.78, 5) is 0. The largest absolute Gasteiger partial charge is 0.0622 e. The molecule has 0 nitrogen and oxygen atoms in total. The van der Waals surface area contributed by atoms with Crippen molar-refractivity contribution in [2.75, 3.05) is 0 Å². The summed E-state index contributed by atoms with van der Waals surface area (Å²) in [5, 5.41) is 0. The van der Waals surface area contributed by atoms with Crippen LogP contribution in [0.25, 0.3) is 0 Å². The van der Waals surface area contributed by atoms with E-state index in [4.69, 9.17) is 0 Å². The lowest BCUT2D eigenvalue weighted by molar-refractivity contribution is 0.181. The third kappa shape index (κ3) is 0.741. The van der Waals surface area contributed by atoms with Crippen molar-refractivity contribution in [1.29, 1.82) is 0 Å². The molecule has 58 valence electrons. The average molecular weight is 138 g/mol. The van der Waals surface area contributed by atoms with Gasteiger partial charge in [-0.1, -0.05) is 20.8 Å². The minimum absolute atomic E-state index is 0.692. The van der Waals surface area contributed by atoms with Crippen LogP contribution in [-0.2, 0) is 0 Å². The van der Waals surface area contributed by atoms with Gasteiger partial charge in [-0.05, 0) is 42.4 Å². The molecule has 3 atom stereocenters. The number of hydrogen-bond acceptors (Lipinski definition) is 0. The lowest BCUT2D eigenvalue weighted by Crippen LogP contribution is -2.23. The van der Waals surface area contributed by atoms with Crippen LogP contribution >= 0.6 is 0 Å². The summed E-state index contributed by atoms with van der Waals surface area (Å²) in [5.74, 6) is 3.19. The summed E-state index contributed by atoms with van der Waals surface area (Å²) in [7, 11) is 0. The average Bonchev–Trinajstić information content (AvgIpc) is 2.21. The third-order valence-corrected chi connectivity index (χ3v) is 3.94. The predicted molar refractivity (Wildman–Crippen MR) is 43.8 cm³/mol. The molecule has 3 unspecified atom stereocenters. The van der Waals surface area contributed by atoms with Gasteiger partial charge in [-0.3, -0.25) is 0 Å². The summed E-state index contributed by atoms with van der Waals surface area (Å²) in [6.07, 6.45) is 4.55. The zero-order chi connectivity index (χ0) is 7.35. The molecule has 0 saturated heterocycles. The van der Waals surface area contributed by atoms with Crippen molar-refractivity contribution < 1.29 is 0 Å². The molecular formula is C10H18. The molecule has 2 fully saturated rings. The first kappa shape index (κ1) is 6.69. The Hall–Kier alpha value is 0. The molecule has 0 amide bonds. The topological polar surface area (TPSA) is 0 Å². The fourth-order valence-corrected chi connectivity index (χ4v) is 3.10. The van der Waals surface area contributed by atoms with Crippen LogP contribution in [0.1, 0.15) is 40.0 Å². The van der Waals surface area contributed by atoms with Crippen LogP contribution in [0.2, 0.25) is 0 Å². The molecule has 2 aliphatic carbocycles. The SMILES string of the molecule is CC1CC2CC1CC2(C)C. The molecule has 0 radical (unpaired) electrons. The van der Waals surface area contributed by atoms with Crippen LogP contribution in [-0.4, -0.2) is 0 Å². The second-order valence-corrected chi connectivity index (χ2v) is 5.10. The minimum Gasteiger partial charge on any atom is -0.0622 e. The zero-order valence-electron chi connectivity index (χ0n) is 7.35. The van der Waals surface area contributed by atoms with Gasteiger partial charge in [-0.2, -0.15) is 0 Å². The molecule has 0 N–H and O–H groups in total. The minimum atomic E-state index is 0.692. The molecule has 0 aromatic rings. The Labute approximate surface area is 64.0 Å². The normalized spacial score (nSPS) is 50.1. The van der Waals surface area contributed by atoms with Crippen molar-refractivity contribution in [3.63, 3.8) is 0 Å². The first-order valence-corrected chi connectivity index (χ1v) is 4.59. The summed E-state index contributed by atoms with van der Waals surface area (Å²) in [6, 6.07) is 0. The highest BCUT2D eigenvalue weighted by molar-refractivity contribution is 4.98. The maximum atomic E-state index is 2.45. The molecule has 0 aromatic carbocycles. The van der Waals surface area contributed by atoms with E-state index in [9.17, 15) is 0 Å². The second-order valence-electron chi connectivity index (χ2n) is 5.10. The second kappa shape index (κ2) is 1.78. The van der Waals surface area contributed by atoms with Crippen LogP contribution in [0.4, 0.5) is 0 Å². The van der Waals surface area contributed by atoms with Crippen molar-refractivity contribution in [3.8, 4) is 0 Å². The van der Waals surface area contributed by atoms with Gasteiger partial charge in [0.25, 0.3) is 0 Å². The molecule has 0 heteroatoms. The highest BCUT2D eigenvalue weighted by Crippen LogP contribution is 2.57. The Kier molecular flexibility index (Phi) is 1.19. The van der Waals surface area contributed by atoms with E-state index in [1.54, 1.807) is 0 Å². The van der Waals surface area contributed by atoms with Gasteiger partial charge in [0, 0.05) is 0 Å². The van der Waals surface area contributed by atoms with Gasteiger partial charge in [-0.25, -0.2) is 0 Å². The number of rotatable bonds is 0. The molecule has 0 aromatic heterocycles. The molecule has 0 heterocycles. The van der Waals surface area contributed by atoms with Crippen LogP contribution in [0.3, 0.4) is 0 Å². The van der Waals surface area contributed by atoms with Gasteiger partial charge < -0.3 is 0 Å². The summed E-state index contributed by atoms with van der Waals surface area (Å²) in [5.41, 5.74) is 0.692. The molecule has 2 aliphatic rings. The van der Waals surface area contributed by atoms with Gasteiger partial charge in [0.2, 0.25) is 0 Å². The van der Waals surface area contributed by atoms with E-state index in [1.807, 2.05) is 0 Å². The van der Waals surface area contributed by atoms with E-state index in [0.29, 0.717) is 5.41 Å². The van der Waals surface area contributed by atoms with E-state index in [2.05, 4.69) is 20.8 Å². The van der Waals surface area contributed by atoms with Gasteiger partial charge in [0.15, 0.2) is 0 Å². The lowest BCUT2D eigenvalue weighted by atomic mass is 9.73. The summed E-state index contributed by atoms with van der Waals surface area (Å²) >= 11 is 0. The van der Waals surface area contributed by atoms with Crippen molar-refractivity contribution in [3.05, 3.63) is 0 Å². The summed E-state index contributed by atoms with van der Waals surface area (Å²) < 4.78 is 0. The van der Waals surface area contributed by atoms with Crippen molar-refractivity contribution in [2.45, 2.75) is 40.0 Å². The number of hydrogen-bond donors (Lipinski definition) is 0. The molecule has 2 rings (SSSR count). The number of fused-ring (bicyclic) bond motifs is 2. The predicted octanol–water partition coefficient (Wildman–Crippen LogP) is 3.08. The van der Waals surface area contributed by atoms with Crippen LogP contribution in [0.5, 0.6) is 0 Å². The Morgan fingerprint density at radius 3 is 2.20 bits per heavy atom. The maximum absolute atomic E-state index is 2.45. The molecule has 0 spiro atoms. The lowest BCUT2D eigenvalue weighted by Gasteiger charge is -2.32. The van der Waals surface area contributed by atoms with Crippen molar-refractivity contribution in [2.24, 2.45) is 23.2 Å². The third-order valence-electron chi connectivity index (χ3n) is 3.94. The first-order chi connectivity index (χ1) is 4.59. The van der Waals surface area contributed by atoms with Crippen molar-refractivity contribution in [1.82, 2.24) is 0 Å². The molecule has 10 heavy (non-hydrogen) atoms. The highest BCUT2D eigenvalue weighted by atomic mass is 14.5. The standard InChI is InChI=1S/C10H18/c1-7-4-9-5-8(7)6-10(9,2)3/h7-9H,4-6H2,1-3H3. The zero-order valence-corrected chi connectivity index (χ0v) is 7.35. The molecule has 2 bridgehead atoms. The van der Waals surface area contributed by atoms with Gasteiger partial charge >= 0.3 is 0 Å². The Morgan fingerprint density at radius 2 is 1.90 bits per heavy atom. The fraction of sp³-hybridized carbons (Fsp3) is 1.00. The van der Waals surface area contributed by atoms with E-state index < -0.39 is 0 Å². The van der Waals surface area contributed by atoms with Crippen LogP contribution < -0.4 is 0 Å². The highest BCUT2D eigenvalue weighted by Gasteiger charge is 2.48. The van der Waals surface area contributed by atoms with Gasteiger partial charge in [-0.15, -0.1) is 0 Å². The molecule has 0 aliphatic heterocycles. The fourth-order valence-electron chi connectivity index (χ4n) is 3.10. The van der Waals surface area contributed by atoms with Crippen LogP contribution in [0.15, 0.2) is 0 Å². The van der Waals surface area contributed by atoms with Crippen molar-refractivity contribution >= 4 is 0 Å². The Morgan fingerprint density at radius 1 is 1.20 bits per heavy atom. The van der Waals surface area contributed by atoms with Crippen LogP contribution in [0, 0.1) is 23.2 Å². The van der Waals surface area contributed by atoms with Gasteiger partial charge in [0.1, 0.15) is 0 Å². The van der Waals surface area contributed by atoms with E-state index in [0.717, 1.165) is 17.8 Å². The quantitative estimate of drug-likeness (QED) is 0.482. The molecular weight excluding hydrogens is 120 g/mol.